The fourth-order valence-corrected chi connectivity index (χ4v) is 3.65. The molecular formula is C23H26N4O. The van der Waals surface area contributed by atoms with E-state index >= 15 is 0 Å². The quantitative estimate of drug-likeness (QED) is 0.671. The van der Waals surface area contributed by atoms with Gasteiger partial charge in [0.25, 0.3) is 0 Å². The Bertz CT molecular complexity index is 929. The average Bonchev–Trinajstić information content (AvgIpc) is 2.74. The van der Waals surface area contributed by atoms with Gasteiger partial charge in [-0.2, -0.15) is 4.98 Å². The van der Waals surface area contributed by atoms with Gasteiger partial charge >= 0.3 is 0 Å². The van der Waals surface area contributed by atoms with Gasteiger partial charge in [0, 0.05) is 24.7 Å². The van der Waals surface area contributed by atoms with E-state index in [1.807, 2.05) is 48.5 Å². The minimum Gasteiger partial charge on any atom is -0.495 e. The summed E-state index contributed by atoms with van der Waals surface area (Å²) in [6.45, 7) is 4.28. The third-order valence-corrected chi connectivity index (χ3v) is 5.09. The zero-order valence-electron chi connectivity index (χ0n) is 16.4. The van der Waals surface area contributed by atoms with Gasteiger partial charge in [-0.1, -0.05) is 49.4 Å². The van der Waals surface area contributed by atoms with E-state index in [1.54, 1.807) is 7.11 Å². The van der Waals surface area contributed by atoms with E-state index in [2.05, 4.69) is 29.3 Å². The molecule has 4 rings (SSSR count). The lowest BCUT2D eigenvalue weighted by molar-refractivity contribution is 0.417. The van der Waals surface area contributed by atoms with E-state index in [0.717, 1.165) is 47.5 Å². The molecule has 0 bridgehead atoms. The molecule has 0 radical (unpaired) electrons. The number of nitrogens with one attached hydrogen (secondary N) is 1. The first-order valence-electron chi connectivity index (χ1n) is 9.82. The molecule has 1 aliphatic rings. The molecule has 1 N–H and O–H groups in total. The molecule has 2 heterocycles. The van der Waals surface area contributed by atoms with Crippen molar-refractivity contribution in [2.45, 2.75) is 19.8 Å². The molecule has 1 saturated heterocycles. The maximum Gasteiger partial charge on any atom is 0.227 e. The Morgan fingerprint density at radius 3 is 2.61 bits per heavy atom. The zero-order chi connectivity index (χ0) is 19.3. The highest BCUT2D eigenvalue weighted by Crippen LogP contribution is 2.30. The second-order valence-electron chi connectivity index (χ2n) is 7.32. The highest BCUT2D eigenvalue weighted by atomic mass is 16.5. The smallest absolute Gasteiger partial charge is 0.227 e. The minimum absolute atomic E-state index is 0.656. The summed E-state index contributed by atoms with van der Waals surface area (Å²) in [6.07, 6.45) is 2.44. The van der Waals surface area contributed by atoms with Gasteiger partial charge in [-0.25, -0.2) is 4.98 Å². The summed E-state index contributed by atoms with van der Waals surface area (Å²) in [6, 6.07) is 20.1. The van der Waals surface area contributed by atoms with Crippen LogP contribution in [0.15, 0.2) is 60.7 Å². The fourth-order valence-electron chi connectivity index (χ4n) is 3.65. The highest BCUT2D eigenvalue weighted by Gasteiger charge is 2.20. The van der Waals surface area contributed by atoms with Crippen molar-refractivity contribution >= 4 is 17.5 Å². The first-order chi connectivity index (χ1) is 13.7. The molecule has 1 aromatic heterocycles. The van der Waals surface area contributed by atoms with Gasteiger partial charge in [0.2, 0.25) is 5.95 Å². The van der Waals surface area contributed by atoms with Crippen molar-refractivity contribution in [1.29, 1.82) is 0 Å². The molecule has 1 atom stereocenters. The van der Waals surface area contributed by atoms with Gasteiger partial charge < -0.3 is 15.0 Å². The summed E-state index contributed by atoms with van der Waals surface area (Å²) in [7, 11) is 1.68. The molecule has 2 aromatic carbocycles. The Kier molecular flexibility index (Phi) is 5.42. The molecule has 0 saturated carbocycles. The van der Waals surface area contributed by atoms with Crippen molar-refractivity contribution in [3.8, 4) is 17.0 Å². The normalized spacial score (nSPS) is 16.6. The van der Waals surface area contributed by atoms with Gasteiger partial charge in [0.15, 0.2) is 0 Å². The van der Waals surface area contributed by atoms with Gasteiger partial charge in [-0.05, 0) is 30.9 Å². The minimum atomic E-state index is 0.656. The molecule has 1 fully saturated rings. The molecule has 0 aliphatic carbocycles. The molecule has 28 heavy (non-hydrogen) atoms. The summed E-state index contributed by atoms with van der Waals surface area (Å²) in [5, 5.41) is 3.42. The van der Waals surface area contributed by atoms with Crippen LogP contribution in [-0.4, -0.2) is 30.2 Å². The number of benzene rings is 2. The number of rotatable bonds is 5. The van der Waals surface area contributed by atoms with E-state index in [4.69, 9.17) is 14.7 Å². The Labute approximate surface area is 166 Å². The number of methoxy groups -OCH3 is 1. The third kappa shape index (κ3) is 4.09. The number of para-hydroxylation sites is 2. The van der Waals surface area contributed by atoms with E-state index in [9.17, 15) is 0 Å². The lowest BCUT2D eigenvalue weighted by atomic mass is 10.0. The monoisotopic (exact) mass is 374 g/mol. The van der Waals surface area contributed by atoms with Crippen LogP contribution in [0.5, 0.6) is 5.75 Å². The van der Waals surface area contributed by atoms with Gasteiger partial charge in [0.1, 0.15) is 11.6 Å². The highest BCUT2D eigenvalue weighted by molar-refractivity contribution is 5.70. The second-order valence-corrected chi connectivity index (χ2v) is 7.32. The van der Waals surface area contributed by atoms with Crippen molar-refractivity contribution in [3.63, 3.8) is 0 Å². The number of anilines is 3. The van der Waals surface area contributed by atoms with Gasteiger partial charge in [-0.3, -0.25) is 0 Å². The van der Waals surface area contributed by atoms with Crippen molar-refractivity contribution in [2.75, 3.05) is 30.4 Å². The molecule has 3 aromatic rings. The summed E-state index contributed by atoms with van der Waals surface area (Å²) >= 11 is 0. The molecule has 5 nitrogen and oxygen atoms in total. The maximum absolute atomic E-state index is 5.48. The third-order valence-electron chi connectivity index (χ3n) is 5.09. The van der Waals surface area contributed by atoms with Crippen LogP contribution in [0, 0.1) is 5.92 Å². The standard InChI is InChI=1S/C23H26N4O/c1-17-9-8-14-27(16-17)23-25-20(18-10-4-3-5-11-18)15-22(26-23)24-19-12-6-7-13-21(19)28-2/h3-7,10-13,15,17H,8-9,14,16H2,1-2H3,(H,24,25,26). The van der Waals surface area contributed by atoms with Crippen molar-refractivity contribution in [3.05, 3.63) is 60.7 Å². The van der Waals surface area contributed by atoms with Crippen LogP contribution >= 0.6 is 0 Å². The SMILES string of the molecule is COc1ccccc1Nc1cc(-c2ccccc2)nc(N2CCCC(C)C2)n1. The Balaban J connectivity index is 1.73. The summed E-state index contributed by atoms with van der Waals surface area (Å²) in [5.74, 6) is 3.00. The Morgan fingerprint density at radius 1 is 1.04 bits per heavy atom. The van der Waals surface area contributed by atoms with Gasteiger partial charge in [-0.15, -0.1) is 0 Å². The number of piperidine rings is 1. The summed E-state index contributed by atoms with van der Waals surface area (Å²) in [5.41, 5.74) is 2.89. The van der Waals surface area contributed by atoms with Crippen LogP contribution in [0.4, 0.5) is 17.5 Å². The summed E-state index contributed by atoms with van der Waals surface area (Å²) < 4.78 is 5.48. The molecule has 0 spiro atoms. The maximum atomic E-state index is 5.48. The average molecular weight is 374 g/mol. The van der Waals surface area contributed by atoms with Gasteiger partial charge in [0.05, 0.1) is 18.5 Å². The predicted molar refractivity (Wildman–Crippen MR) is 114 cm³/mol. The lowest BCUT2D eigenvalue weighted by Crippen LogP contribution is -2.35. The molecule has 1 aliphatic heterocycles. The number of ether oxygens (including phenoxy) is 1. The number of nitrogens with zero attached hydrogens (tertiary/aromatic N) is 3. The molecule has 1 unspecified atom stereocenters. The van der Waals surface area contributed by atoms with E-state index < -0.39 is 0 Å². The number of aromatic nitrogens is 2. The second kappa shape index (κ2) is 8.30. The van der Waals surface area contributed by atoms with Crippen LogP contribution in [-0.2, 0) is 0 Å². The van der Waals surface area contributed by atoms with Crippen molar-refractivity contribution in [2.24, 2.45) is 5.92 Å². The molecule has 144 valence electrons. The van der Waals surface area contributed by atoms with Crippen molar-refractivity contribution < 1.29 is 4.74 Å². The van der Waals surface area contributed by atoms with Crippen LogP contribution in [0.1, 0.15) is 19.8 Å². The van der Waals surface area contributed by atoms with Crippen molar-refractivity contribution in [1.82, 2.24) is 9.97 Å². The number of hydrogen-bond acceptors (Lipinski definition) is 5. The Morgan fingerprint density at radius 2 is 1.82 bits per heavy atom. The first-order valence-corrected chi connectivity index (χ1v) is 9.82. The van der Waals surface area contributed by atoms with Crippen LogP contribution in [0.2, 0.25) is 0 Å². The zero-order valence-corrected chi connectivity index (χ0v) is 16.4. The topological polar surface area (TPSA) is 50.3 Å². The van der Waals surface area contributed by atoms with E-state index in [-0.39, 0.29) is 0 Å². The number of hydrogen-bond donors (Lipinski definition) is 1. The fraction of sp³-hybridized carbons (Fsp3) is 0.304. The predicted octanol–water partition coefficient (Wildman–Crippen LogP) is 5.13. The van der Waals surface area contributed by atoms with E-state index in [1.165, 1.54) is 12.8 Å². The largest absolute Gasteiger partial charge is 0.495 e. The molecular weight excluding hydrogens is 348 g/mol. The summed E-state index contributed by atoms with van der Waals surface area (Å²) in [4.78, 5) is 12.0. The Hall–Kier alpha value is -3.08. The van der Waals surface area contributed by atoms with Crippen LogP contribution in [0.25, 0.3) is 11.3 Å². The van der Waals surface area contributed by atoms with Crippen LogP contribution < -0.4 is 15.0 Å². The first kappa shape index (κ1) is 18.3. The molecule has 5 heteroatoms. The van der Waals surface area contributed by atoms with Crippen LogP contribution in [0.3, 0.4) is 0 Å². The lowest BCUT2D eigenvalue weighted by Gasteiger charge is -2.31. The molecule has 0 amide bonds. The van der Waals surface area contributed by atoms with E-state index in [0.29, 0.717) is 5.92 Å².